The van der Waals surface area contributed by atoms with E-state index in [9.17, 15) is 19.8 Å². The van der Waals surface area contributed by atoms with Crippen molar-refractivity contribution in [1.82, 2.24) is 5.32 Å². The average Bonchev–Trinajstić information content (AvgIpc) is 3.50. The molecule has 0 saturated heterocycles. The second-order valence-corrected chi connectivity index (χ2v) is 26.7. The summed E-state index contributed by atoms with van der Waals surface area (Å²) in [6.45, 7) is 4.97. The van der Waals surface area contributed by atoms with E-state index in [1.165, 1.54) is 360 Å². The van der Waals surface area contributed by atoms with Gasteiger partial charge in [0.2, 0.25) is 5.91 Å². The molecule has 0 fully saturated rings. The van der Waals surface area contributed by atoms with Gasteiger partial charge in [0.1, 0.15) is 0 Å². The number of amides is 1. The number of unbranched alkanes of at least 4 members (excludes halogenated alkanes) is 58. The van der Waals surface area contributed by atoms with Crippen molar-refractivity contribution in [2.75, 3.05) is 13.2 Å². The molecule has 84 heavy (non-hydrogen) atoms. The topological polar surface area (TPSA) is 95.9 Å². The Balaban J connectivity index is 3.37. The van der Waals surface area contributed by atoms with Crippen LogP contribution in [0.5, 0.6) is 0 Å². The minimum Gasteiger partial charge on any atom is -0.466 e. The molecule has 0 bridgehead atoms. The summed E-state index contributed by atoms with van der Waals surface area (Å²) < 4.78 is 5.48. The van der Waals surface area contributed by atoms with E-state index in [1.807, 2.05) is 0 Å². The minimum absolute atomic E-state index is 0.00839. The molecular weight excluding hydrogens is 1030 g/mol. The highest BCUT2D eigenvalue weighted by atomic mass is 16.5. The fourth-order valence-corrected chi connectivity index (χ4v) is 12.3. The number of allylic oxidation sites excluding steroid dienone is 4. The molecule has 0 radical (unpaired) electrons. The van der Waals surface area contributed by atoms with E-state index in [0.717, 1.165) is 44.9 Å². The molecule has 0 aromatic rings. The molecule has 0 aromatic carbocycles. The van der Waals surface area contributed by atoms with Crippen molar-refractivity contribution in [1.29, 1.82) is 0 Å². The maximum Gasteiger partial charge on any atom is 0.305 e. The van der Waals surface area contributed by atoms with Crippen LogP contribution in [-0.2, 0) is 14.3 Å². The molecule has 0 aliphatic carbocycles. The van der Waals surface area contributed by atoms with Gasteiger partial charge in [0.25, 0.3) is 0 Å². The zero-order valence-corrected chi connectivity index (χ0v) is 57.2. The van der Waals surface area contributed by atoms with Gasteiger partial charge in [-0.2, -0.15) is 0 Å². The van der Waals surface area contributed by atoms with Crippen LogP contribution < -0.4 is 5.32 Å². The highest BCUT2D eigenvalue weighted by Crippen LogP contribution is 2.20. The van der Waals surface area contributed by atoms with Crippen LogP contribution in [0.3, 0.4) is 0 Å². The molecule has 2 unspecified atom stereocenters. The molecule has 6 heteroatoms. The molecule has 0 aromatic heterocycles. The summed E-state index contributed by atoms with van der Waals surface area (Å²) in [7, 11) is 0. The predicted molar refractivity (Wildman–Crippen MR) is 370 cm³/mol. The SMILES string of the molecule is CCCCC/C=C\CCCCCCCC(=O)OCCCCCCCCCCCCCC/C=C\CCCCCCCCCCCCCCCCCC(=O)NC(CO)C(O)CCCCCCCCCCCCCCCCCCCCCCCCCC. The number of aliphatic hydroxyl groups excluding tert-OH is 2. The van der Waals surface area contributed by atoms with Gasteiger partial charge in [-0.05, 0) is 77.0 Å². The zero-order valence-electron chi connectivity index (χ0n) is 57.2. The lowest BCUT2D eigenvalue weighted by Crippen LogP contribution is -2.45. The van der Waals surface area contributed by atoms with E-state index in [4.69, 9.17) is 4.74 Å². The Morgan fingerprint density at radius 3 is 0.869 bits per heavy atom. The van der Waals surface area contributed by atoms with Crippen LogP contribution in [0.15, 0.2) is 24.3 Å². The molecule has 0 spiro atoms. The third kappa shape index (κ3) is 69.4. The molecule has 3 N–H and O–H groups in total. The molecule has 0 rings (SSSR count). The molecule has 0 saturated carbocycles. The first-order valence-corrected chi connectivity index (χ1v) is 38.6. The smallest absolute Gasteiger partial charge is 0.305 e. The van der Waals surface area contributed by atoms with Gasteiger partial charge in [-0.3, -0.25) is 9.59 Å². The van der Waals surface area contributed by atoms with Crippen LogP contribution in [0.1, 0.15) is 438 Å². The summed E-state index contributed by atoms with van der Waals surface area (Å²) in [6.07, 6.45) is 94.0. The minimum atomic E-state index is -0.664. The maximum atomic E-state index is 12.6. The second kappa shape index (κ2) is 73.8. The Hall–Kier alpha value is -1.66. The molecular formula is C78H151NO5. The number of carbonyl (C=O) groups is 2. The average molecular weight is 1180 g/mol. The van der Waals surface area contributed by atoms with Gasteiger partial charge in [0.05, 0.1) is 25.4 Å². The maximum absolute atomic E-state index is 12.6. The number of hydrogen-bond donors (Lipinski definition) is 3. The number of esters is 1. The van der Waals surface area contributed by atoms with Crippen molar-refractivity contribution in [3.8, 4) is 0 Å². The van der Waals surface area contributed by atoms with E-state index in [0.29, 0.717) is 25.9 Å². The molecule has 1 amide bonds. The Kier molecular flexibility index (Phi) is 72.3. The van der Waals surface area contributed by atoms with Gasteiger partial charge >= 0.3 is 5.97 Å². The summed E-state index contributed by atoms with van der Waals surface area (Å²) in [4.78, 5) is 24.6. The van der Waals surface area contributed by atoms with Crippen LogP contribution in [0.2, 0.25) is 0 Å². The highest BCUT2D eigenvalue weighted by Gasteiger charge is 2.20. The molecule has 0 aliphatic rings. The summed E-state index contributed by atoms with van der Waals surface area (Å²) in [5.41, 5.74) is 0. The summed E-state index contributed by atoms with van der Waals surface area (Å²) in [5, 5.41) is 23.5. The molecule has 0 heterocycles. The van der Waals surface area contributed by atoms with E-state index in [2.05, 4.69) is 43.5 Å². The number of ether oxygens (including phenoxy) is 1. The van der Waals surface area contributed by atoms with Crippen molar-refractivity contribution < 1.29 is 24.5 Å². The van der Waals surface area contributed by atoms with Gasteiger partial charge in [-0.1, -0.05) is 372 Å². The van der Waals surface area contributed by atoms with Crippen LogP contribution in [0.25, 0.3) is 0 Å². The molecule has 0 aliphatic heterocycles. The number of rotatable bonds is 73. The summed E-state index contributed by atoms with van der Waals surface area (Å²) in [6, 6.07) is -0.541. The van der Waals surface area contributed by atoms with Crippen LogP contribution in [0, 0.1) is 0 Å². The summed E-state index contributed by atoms with van der Waals surface area (Å²) in [5.74, 6) is -0.0189. The lowest BCUT2D eigenvalue weighted by molar-refractivity contribution is -0.143. The van der Waals surface area contributed by atoms with Crippen LogP contribution in [0.4, 0.5) is 0 Å². The standard InChI is InChI=1S/C78H151NO5/c1-3-5-7-9-11-13-15-17-18-19-20-21-22-32-35-38-41-44-47-50-54-58-62-66-70-76(81)75(74-80)79-77(82)71-67-63-59-55-51-48-45-42-39-36-33-30-28-26-24-23-25-27-29-31-34-37-40-43-46-49-53-57-61-65-69-73-84-78(83)72-68-64-60-56-52-16-14-12-10-8-6-4-2/h12,14,25,27,75-76,80-81H,3-11,13,15-24,26,28-74H2,1-2H3,(H,79,82)/b14-12-,27-25-. The highest BCUT2D eigenvalue weighted by molar-refractivity contribution is 5.76. The van der Waals surface area contributed by atoms with Crippen LogP contribution in [-0.4, -0.2) is 47.4 Å². The zero-order chi connectivity index (χ0) is 60.6. The Morgan fingerprint density at radius 1 is 0.321 bits per heavy atom. The van der Waals surface area contributed by atoms with Gasteiger partial charge in [0.15, 0.2) is 0 Å². The van der Waals surface area contributed by atoms with Gasteiger partial charge in [-0.25, -0.2) is 0 Å². The van der Waals surface area contributed by atoms with Gasteiger partial charge in [0, 0.05) is 12.8 Å². The van der Waals surface area contributed by atoms with E-state index >= 15 is 0 Å². The monoisotopic (exact) mass is 1180 g/mol. The number of carbonyl (C=O) groups excluding carboxylic acids is 2. The third-order valence-electron chi connectivity index (χ3n) is 18.2. The van der Waals surface area contributed by atoms with Crippen molar-refractivity contribution in [3.05, 3.63) is 24.3 Å². The first-order chi connectivity index (χ1) is 41.5. The third-order valence-corrected chi connectivity index (χ3v) is 18.2. The fourth-order valence-electron chi connectivity index (χ4n) is 12.3. The van der Waals surface area contributed by atoms with Crippen molar-refractivity contribution in [2.45, 2.75) is 450 Å². The summed E-state index contributed by atoms with van der Waals surface area (Å²) >= 11 is 0. The fraction of sp³-hybridized carbons (Fsp3) is 0.923. The quantitative estimate of drug-likeness (QED) is 0.0320. The molecule has 498 valence electrons. The van der Waals surface area contributed by atoms with Gasteiger partial charge in [-0.15, -0.1) is 0 Å². The van der Waals surface area contributed by atoms with E-state index in [1.54, 1.807) is 0 Å². The predicted octanol–water partition coefficient (Wildman–Crippen LogP) is 25.3. The van der Waals surface area contributed by atoms with Crippen molar-refractivity contribution >= 4 is 11.9 Å². The van der Waals surface area contributed by atoms with Crippen molar-refractivity contribution in [3.63, 3.8) is 0 Å². The largest absolute Gasteiger partial charge is 0.466 e. The number of hydrogen-bond acceptors (Lipinski definition) is 5. The Labute approximate surface area is 526 Å². The van der Waals surface area contributed by atoms with Crippen molar-refractivity contribution in [2.24, 2.45) is 0 Å². The number of nitrogens with one attached hydrogen (secondary N) is 1. The lowest BCUT2D eigenvalue weighted by Gasteiger charge is -2.22. The number of aliphatic hydroxyl groups is 2. The first-order valence-electron chi connectivity index (χ1n) is 38.6. The molecule has 2 atom stereocenters. The van der Waals surface area contributed by atoms with Gasteiger partial charge < -0.3 is 20.3 Å². The van der Waals surface area contributed by atoms with E-state index < -0.39 is 12.1 Å². The second-order valence-electron chi connectivity index (χ2n) is 26.7. The van der Waals surface area contributed by atoms with E-state index in [-0.39, 0.29) is 18.5 Å². The molecule has 6 nitrogen and oxygen atoms in total. The Morgan fingerprint density at radius 2 is 0.560 bits per heavy atom. The first kappa shape index (κ1) is 82.3. The van der Waals surface area contributed by atoms with Crippen LogP contribution >= 0.6 is 0 Å². The Bertz CT molecular complexity index is 1320. The lowest BCUT2D eigenvalue weighted by atomic mass is 10.0. The normalized spacial score (nSPS) is 12.6.